The number of carboxylic acid groups (broad SMARTS) is 2. The largest absolute Gasteiger partial charge is 0.478 e. The second-order valence-corrected chi connectivity index (χ2v) is 7.65. The molecule has 4 rings (SSSR count). The predicted octanol–water partition coefficient (Wildman–Crippen LogP) is 2.52. The van der Waals surface area contributed by atoms with Gasteiger partial charge in [0.25, 0.3) is 5.69 Å². The summed E-state index contributed by atoms with van der Waals surface area (Å²) >= 11 is 0. The van der Waals surface area contributed by atoms with Crippen molar-refractivity contribution in [3.05, 3.63) is 70.0 Å². The van der Waals surface area contributed by atoms with Gasteiger partial charge in [-0.3, -0.25) is 20.0 Å². The van der Waals surface area contributed by atoms with Crippen LogP contribution in [0.4, 0.5) is 31.9 Å². The smallest absolute Gasteiger partial charge is 0.412 e. The summed E-state index contributed by atoms with van der Waals surface area (Å²) in [6.07, 6.45) is 1.72. The average molecular weight is 526 g/mol. The van der Waals surface area contributed by atoms with Crippen molar-refractivity contribution in [2.45, 2.75) is 12.6 Å². The lowest BCUT2D eigenvalue weighted by Gasteiger charge is -2.21. The molecule has 2 heterocycles. The van der Waals surface area contributed by atoms with Gasteiger partial charge in [-0.25, -0.2) is 28.8 Å². The first-order valence-electron chi connectivity index (χ1n) is 10.4. The molecule has 3 aromatic rings. The lowest BCUT2D eigenvalue weighted by Crippen LogP contribution is -2.38. The molecule has 1 unspecified atom stereocenters. The van der Waals surface area contributed by atoms with Gasteiger partial charge in [0.1, 0.15) is 30.4 Å². The van der Waals surface area contributed by atoms with Gasteiger partial charge < -0.3 is 25.1 Å². The van der Waals surface area contributed by atoms with Crippen LogP contribution in [0.5, 0.6) is 0 Å². The molecule has 16 heteroatoms. The Morgan fingerprint density at radius 1 is 1.24 bits per heavy atom. The number of nitro benzene ring substituents is 1. The molecule has 0 fully saturated rings. The molecule has 0 spiro atoms. The number of aldehydes is 1. The Kier molecular flexibility index (Phi) is 6.78. The number of benzene rings is 2. The minimum absolute atomic E-state index is 0.0305. The number of anilines is 2. The zero-order chi connectivity index (χ0) is 27.6. The molecule has 4 N–H and O–H groups in total. The number of carbonyl (C=O) groups excluding carboxylic acids is 2. The van der Waals surface area contributed by atoms with Crippen molar-refractivity contribution in [3.8, 4) is 5.69 Å². The van der Waals surface area contributed by atoms with Crippen LogP contribution in [0.2, 0.25) is 0 Å². The second-order valence-electron chi connectivity index (χ2n) is 7.65. The van der Waals surface area contributed by atoms with Crippen LogP contribution in [0.25, 0.3) is 5.69 Å². The summed E-state index contributed by atoms with van der Waals surface area (Å²) in [7, 11) is 0. The summed E-state index contributed by atoms with van der Waals surface area (Å²) in [5.41, 5.74) is -1.34. The highest BCUT2D eigenvalue weighted by Gasteiger charge is 2.30. The number of halogens is 1. The standard InChI is InChI=1S/C22H15FN6O9/c23-12-3-10(20(31)32)1-2-13(12)27-22(35)38-8-11-6-28(9-24-11)17-4-15-14(5-18(17)29(36)37)25-16(7-30)19(26-15)21(33)34/h1-7,9,16,25H,8H2,(H,27,35)(H,31,32)(H,33,34). The number of carboxylic acids is 2. The van der Waals surface area contributed by atoms with E-state index in [-0.39, 0.29) is 34.0 Å². The highest BCUT2D eigenvalue weighted by Crippen LogP contribution is 2.38. The number of nitrogens with one attached hydrogen (secondary N) is 2. The van der Waals surface area contributed by atoms with E-state index >= 15 is 0 Å². The predicted molar refractivity (Wildman–Crippen MR) is 126 cm³/mol. The number of amides is 1. The highest BCUT2D eigenvalue weighted by molar-refractivity contribution is 6.42. The van der Waals surface area contributed by atoms with Crippen molar-refractivity contribution >= 4 is 52.8 Å². The van der Waals surface area contributed by atoms with Gasteiger partial charge in [0.2, 0.25) is 0 Å². The molecule has 0 bridgehead atoms. The molecule has 0 saturated carbocycles. The number of ether oxygens (including phenoxy) is 1. The van der Waals surface area contributed by atoms with Crippen LogP contribution in [0.1, 0.15) is 16.1 Å². The summed E-state index contributed by atoms with van der Waals surface area (Å²) in [6, 6.07) is 3.89. The van der Waals surface area contributed by atoms with Crippen molar-refractivity contribution < 1.29 is 43.4 Å². The molecule has 1 amide bonds. The summed E-state index contributed by atoms with van der Waals surface area (Å²) < 4.78 is 20.2. The zero-order valence-corrected chi connectivity index (χ0v) is 18.8. The minimum Gasteiger partial charge on any atom is -0.478 e. The molecule has 1 aromatic heterocycles. The van der Waals surface area contributed by atoms with Gasteiger partial charge in [0, 0.05) is 12.3 Å². The number of rotatable bonds is 8. The lowest BCUT2D eigenvalue weighted by molar-refractivity contribution is -0.384. The van der Waals surface area contributed by atoms with Gasteiger partial charge in [-0.05, 0) is 24.3 Å². The molecule has 0 aliphatic carbocycles. The Morgan fingerprint density at radius 2 is 2.00 bits per heavy atom. The van der Waals surface area contributed by atoms with E-state index in [9.17, 15) is 38.8 Å². The molecule has 15 nitrogen and oxygen atoms in total. The van der Waals surface area contributed by atoms with Crippen LogP contribution >= 0.6 is 0 Å². The molecule has 2 aromatic carbocycles. The fourth-order valence-electron chi connectivity index (χ4n) is 3.45. The Balaban J connectivity index is 1.53. The summed E-state index contributed by atoms with van der Waals surface area (Å²) in [5.74, 6) is -3.78. The van der Waals surface area contributed by atoms with Gasteiger partial charge in [-0.15, -0.1) is 0 Å². The number of nitro groups is 1. The minimum atomic E-state index is -1.45. The quantitative estimate of drug-likeness (QED) is 0.190. The Morgan fingerprint density at radius 3 is 2.63 bits per heavy atom. The number of aliphatic imine (C=N–C) groups is 1. The third-order valence-corrected chi connectivity index (χ3v) is 5.21. The van der Waals surface area contributed by atoms with E-state index in [1.807, 2.05) is 0 Å². The van der Waals surface area contributed by atoms with Crippen LogP contribution in [0.15, 0.2) is 47.8 Å². The van der Waals surface area contributed by atoms with Gasteiger partial charge in [0.05, 0.1) is 39.6 Å². The Labute approximate surface area is 210 Å². The monoisotopic (exact) mass is 526 g/mol. The molecule has 0 radical (unpaired) electrons. The number of nitrogens with zero attached hydrogens (tertiary/aromatic N) is 4. The van der Waals surface area contributed by atoms with Gasteiger partial charge in [-0.1, -0.05) is 0 Å². The molecule has 1 atom stereocenters. The highest BCUT2D eigenvalue weighted by atomic mass is 19.1. The average Bonchev–Trinajstić information content (AvgIpc) is 3.35. The molecular formula is C22H15FN6O9. The molecule has 1 aliphatic heterocycles. The molecule has 38 heavy (non-hydrogen) atoms. The van der Waals surface area contributed by atoms with Crippen LogP contribution < -0.4 is 10.6 Å². The van der Waals surface area contributed by atoms with Crippen LogP contribution in [-0.2, 0) is 20.9 Å². The van der Waals surface area contributed by atoms with Crippen molar-refractivity contribution in [3.63, 3.8) is 0 Å². The number of hydrogen-bond acceptors (Lipinski definition) is 10. The topological polar surface area (TPSA) is 215 Å². The van der Waals surface area contributed by atoms with E-state index in [0.717, 1.165) is 24.3 Å². The number of aromatic carboxylic acids is 1. The van der Waals surface area contributed by atoms with Crippen molar-refractivity contribution in [2.24, 2.45) is 4.99 Å². The van der Waals surface area contributed by atoms with Gasteiger partial charge in [-0.2, -0.15) is 0 Å². The van der Waals surface area contributed by atoms with E-state index in [4.69, 9.17) is 9.84 Å². The molecular weight excluding hydrogens is 511 g/mol. The number of fused-ring (bicyclic) bond motifs is 1. The number of carbonyl (C=O) groups is 4. The van der Waals surface area contributed by atoms with Crippen molar-refractivity contribution in [1.29, 1.82) is 0 Å². The van der Waals surface area contributed by atoms with Crippen LogP contribution in [0.3, 0.4) is 0 Å². The maximum absolute atomic E-state index is 14.0. The van der Waals surface area contributed by atoms with E-state index < -0.39 is 52.8 Å². The maximum Gasteiger partial charge on any atom is 0.412 e. The summed E-state index contributed by atoms with van der Waals surface area (Å²) in [4.78, 5) is 64.5. The van der Waals surface area contributed by atoms with E-state index in [1.54, 1.807) is 0 Å². The number of aromatic nitrogens is 2. The maximum atomic E-state index is 14.0. The zero-order valence-electron chi connectivity index (χ0n) is 18.8. The van der Waals surface area contributed by atoms with Crippen molar-refractivity contribution in [1.82, 2.24) is 9.55 Å². The van der Waals surface area contributed by atoms with E-state index in [2.05, 4.69) is 20.6 Å². The number of hydrogen-bond donors (Lipinski definition) is 4. The summed E-state index contributed by atoms with van der Waals surface area (Å²) in [5, 5.41) is 34.6. The molecule has 194 valence electrons. The van der Waals surface area contributed by atoms with Gasteiger partial charge >= 0.3 is 18.0 Å². The first kappa shape index (κ1) is 25.4. The number of imidazole rings is 1. The van der Waals surface area contributed by atoms with Crippen LogP contribution in [0, 0.1) is 15.9 Å². The fraction of sp³-hybridized carbons (Fsp3) is 0.0909. The Hall–Kier alpha value is -5.67. The first-order valence-corrected chi connectivity index (χ1v) is 10.4. The third-order valence-electron chi connectivity index (χ3n) is 5.21. The molecule has 0 saturated heterocycles. The second kappa shape index (κ2) is 10.1. The van der Waals surface area contributed by atoms with Crippen LogP contribution in [-0.4, -0.2) is 60.8 Å². The number of aliphatic carboxylic acids is 1. The molecule has 1 aliphatic rings. The fourth-order valence-corrected chi connectivity index (χ4v) is 3.45. The lowest BCUT2D eigenvalue weighted by atomic mass is 10.1. The normalized spacial score (nSPS) is 13.9. The van der Waals surface area contributed by atoms with E-state index in [1.165, 1.54) is 23.2 Å². The SMILES string of the molecule is O=CC1Nc2cc([N+](=O)[O-])c(-n3cnc(COC(=O)Nc4ccc(C(=O)O)cc4F)c3)cc2N=C1C(=O)O. The first-order chi connectivity index (χ1) is 18.1. The van der Waals surface area contributed by atoms with E-state index in [0.29, 0.717) is 6.29 Å². The summed E-state index contributed by atoms with van der Waals surface area (Å²) in [6.45, 7) is -0.420. The van der Waals surface area contributed by atoms with Crippen molar-refractivity contribution in [2.75, 3.05) is 10.6 Å². The Bertz CT molecular complexity index is 1530. The third kappa shape index (κ3) is 5.13. The van der Waals surface area contributed by atoms with Gasteiger partial charge in [0.15, 0.2) is 5.71 Å².